The predicted molar refractivity (Wildman–Crippen MR) is 130 cm³/mol. The largest absolute Gasteiger partial charge is 0.487 e. The van der Waals surface area contributed by atoms with Crippen LogP contribution in [0.15, 0.2) is 76.6 Å². The molecule has 1 fully saturated rings. The van der Waals surface area contributed by atoms with Gasteiger partial charge in [0.25, 0.3) is 11.1 Å². The van der Waals surface area contributed by atoms with Gasteiger partial charge < -0.3 is 4.74 Å². The number of imide groups is 1. The topological polar surface area (TPSA) is 46.6 Å². The molecule has 4 nitrogen and oxygen atoms in total. The van der Waals surface area contributed by atoms with Crippen molar-refractivity contribution in [3.8, 4) is 5.75 Å². The normalized spacial score (nSPS) is 15.2. The maximum atomic E-state index is 12.2. The van der Waals surface area contributed by atoms with E-state index in [0.29, 0.717) is 17.9 Å². The van der Waals surface area contributed by atoms with Crippen molar-refractivity contribution in [1.82, 2.24) is 4.90 Å². The van der Waals surface area contributed by atoms with E-state index in [9.17, 15) is 9.59 Å². The van der Waals surface area contributed by atoms with E-state index < -0.39 is 0 Å². The molecule has 31 heavy (non-hydrogen) atoms. The Morgan fingerprint density at radius 3 is 2.61 bits per heavy atom. The van der Waals surface area contributed by atoms with Crippen molar-refractivity contribution in [3.63, 3.8) is 0 Å². The molecular weight excluding hydrogens is 474 g/mol. The number of carbonyl (C=O) groups is 2. The molecule has 6 heteroatoms. The Balaban J connectivity index is 1.64. The fraction of sp³-hybridized carbons (Fsp3) is 0.120. The number of carbonyl (C=O) groups excluding carboxylic acids is 2. The van der Waals surface area contributed by atoms with Gasteiger partial charge in [0, 0.05) is 7.05 Å². The number of hydrogen-bond donors (Lipinski definition) is 0. The number of nitrogens with zero attached hydrogens (tertiary/aromatic N) is 1. The summed E-state index contributed by atoms with van der Waals surface area (Å²) in [5, 5.41) is 2.07. The average molecular weight is 494 g/mol. The molecular formula is C25H20BrNO3S. The number of rotatable bonds is 6. The van der Waals surface area contributed by atoms with Crippen LogP contribution in [0, 0.1) is 0 Å². The minimum Gasteiger partial charge on any atom is -0.487 e. The maximum Gasteiger partial charge on any atom is 0.293 e. The summed E-state index contributed by atoms with van der Waals surface area (Å²) in [6.07, 6.45) is 4.16. The van der Waals surface area contributed by atoms with Crippen LogP contribution >= 0.6 is 27.7 Å². The molecule has 1 saturated heterocycles. The van der Waals surface area contributed by atoms with Crippen LogP contribution in [0.5, 0.6) is 5.75 Å². The molecule has 0 N–H and O–H groups in total. The Kier molecular flexibility index (Phi) is 6.30. The third-order valence-corrected chi connectivity index (χ3v) is 6.59. The van der Waals surface area contributed by atoms with Crippen molar-refractivity contribution in [1.29, 1.82) is 0 Å². The lowest BCUT2D eigenvalue weighted by molar-refractivity contribution is -0.121. The molecule has 0 aliphatic carbocycles. The Bertz CT molecular complexity index is 1230. The number of fused-ring (bicyclic) bond motifs is 1. The molecule has 0 atom stereocenters. The third kappa shape index (κ3) is 4.45. The smallest absolute Gasteiger partial charge is 0.293 e. The molecule has 1 aliphatic heterocycles. The summed E-state index contributed by atoms with van der Waals surface area (Å²) in [4.78, 5) is 25.5. The molecule has 1 aliphatic rings. The Labute approximate surface area is 193 Å². The highest BCUT2D eigenvalue weighted by atomic mass is 79.9. The second kappa shape index (κ2) is 9.12. The van der Waals surface area contributed by atoms with Gasteiger partial charge in [0.15, 0.2) is 0 Å². The van der Waals surface area contributed by atoms with E-state index in [1.807, 2.05) is 36.4 Å². The summed E-state index contributed by atoms with van der Waals surface area (Å²) in [7, 11) is 1.49. The quantitative estimate of drug-likeness (QED) is 0.287. The molecule has 4 rings (SSSR count). The van der Waals surface area contributed by atoms with Gasteiger partial charge in [0.05, 0.1) is 9.38 Å². The molecule has 0 aromatic heterocycles. The van der Waals surface area contributed by atoms with Crippen molar-refractivity contribution in [2.45, 2.75) is 13.0 Å². The summed E-state index contributed by atoms with van der Waals surface area (Å²) < 4.78 is 7.03. The molecule has 0 unspecified atom stereocenters. The van der Waals surface area contributed by atoms with Crippen LogP contribution < -0.4 is 4.74 Å². The van der Waals surface area contributed by atoms with Gasteiger partial charge in [0.2, 0.25) is 0 Å². The Hall–Kier alpha value is -2.83. The fourth-order valence-corrected chi connectivity index (χ4v) is 4.95. The maximum absolute atomic E-state index is 12.2. The Morgan fingerprint density at radius 2 is 1.87 bits per heavy atom. The zero-order valence-corrected chi connectivity index (χ0v) is 19.3. The van der Waals surface area contributed by atoms with Crippen LogP contribution in [0.2, 0.25) is 0 Å². The molecule has 1 heterocycles. The van der Waals surface area contributed by atoms with Crippen molar-refractivity contribution in [2.75, 3.05) is 7.05 Å². The molecule has 2 amide bonds. The highest BCUT2D eigenvalue weighted by Gasteiger charge is 2.31. The van der Waals surface area contributed by atoms with Crippen molar-refractivity contribution < 1.29 is 14.3 Å². The van der Waals surface area contributed by atoms with E-state index in [2.05, 4.69) is 46.8 Å². The van der Waals surface area contributed by atoms with Crippen LogP contribution in [0.1, 0.15) is 16.7 Å². The first kappa shape index (κ1) is 21.4. The lowest BCUT2D eigenvalue weighted by Gasteiger charge is -2.15. The van der Waals surface area contributed by atoms with Crippen molar-refractivity contribution in [2.24, 2.45) is 0 Å². The molecule has 0 radical (unpaired) electrons. The minimum absolute atomic E-state index is 0.267. The molecule has 0 saturated carbocycles. The van der Waals surface area contributed by atoms with Crippen LogP contribution in [-0.2, 0) is 17.8 Å². The molecule has 0 bridgehead atoms. The average Bonchev–Trinajstić information content (AvgIpc) is 3.00. The van der Waals surface area contributed by atoms with Crippen LogP contribution in [0.3, 0.4) is 0 Å². The van der Waals surface area contributed by atoms with Gasteiger partial charge >= 0.3 is 0 Å². The summed E-state index contributed by atoms with van der Waals surface area (Å²) in [5.74, 6) is 0.459. The van der Waals surface area contributed by atoms with Gasteiger partial charge in [-0.05, 0) is 79.8 Å². The summed E-state index contributed by atoms with van der Waals surface area (Å²) in [6, 6.07) is 18.3. The predicted octanol–water partition coefficient (Wildman–Crippen LogP) is 6.58. The minimum atomic E-state index is -0.285. The number of likely N-dealkylation sites (N-methyl/N-ethyl adjacent to an activating group) is 1. The standard InChI is InChI=1S/C25H20BrNO3S/c1-3-7-18-12-16(14-22-24(28)27(2)25(29)31-22)13-21(26)23(18)30-15-19-10-6-9-17-8-4-5-11-20(17)19/h3-6,8-14H,1,7,15H2,2H3/b22-14-. The van der Waals surface area contributed by atoms with Gasteiger partial charge in [-0.25, -0.2) is 0 Å². The van der Waals surface area contributed by atoms with Crippen molar-refractivity contribution >= 4 is 55.7 Å². The summed E-state index contributed by atoms with van der Waals surface area (Å²) in [5.41, 5.74) is 2.88. The number of benzene rings is 3. The molecule has 3 aromatic carbocycles. The van der Waals surface area contributed by atoms with Gasteiger partial charge in [-0.3, -0.25) is 14.5 Å². The summed E-state index contributed by atoms with van der Waals surface area (Å²) in [6.45, 7) is 4.28. The Morgan fingerprint density at radius 1 is 1.10 bits per heavy atom. The van der Waals surface area contributed by atoms with Gasteiger partial charge in [-0.1, -0.05) is 48.5 Å². The summed E-state index contributed by atoms with van der Waals surface area (Å²) >= 11 is 4.57. The number of ether oxygens (including phenoxy) is 1. The van der Waals surface area contributed by atoms with Gasteiger partial charge in [-0.2, -0.15) is 0 Å². The van der Waals surface area contributed by atoms with Crippen molar-refractivity contribution in [3.05, 3.63) is 93.3 Å². The SMILES string of the molecule is C=CCc1cc(/C=C2\SC(=O)N(C)C2=O)cc(Br)c1OCc1cccc2ccccc12. The lowest BCUT2D eigenvalue weighted by atomic mass is 10.0. The van der Waals surface area contributed by atoms with Gasteiger partial charge in [-0.15, -0.1) is 6.58 Å². The molecule has 0 spiro atoms. The second-order valence-corrected chi connectivity index (χ2v) is 9.00. The monoisotopic (exact) mass is 493 g/mol. The molecule has 156 valence electrons. The highest BCUT2D eigenvalue weighted by molar-refractivity contribution is 9.10. The number of allylic oxidation sites excluding steroid dienone is 1. The number of thioether (sulfide) groups is 1. The van der Waals surface area contributed by atoms with E-state index >= 15 is 0 Å². The third-order valence-electron chi connectivity index (χ3n) is 5.04. The van der Waals surface area contributed by atoms with E-state index in [0.717, 1.165) is 43.6 Å². The van der Waals surface area contributed by atoms with E-state index in [1.54, 1.807) is 6.08 Å². The van der Waals surface area contributed by atoms with Crippen LogP contribution in [0.25, 0.3) is 16.8 Å². The molecule has 3 aromatic rings. The zero-order chi connectivity index (χ0) is 22.0. The number of amides is 2. The highest BCUT2D eigenvalue weighted by Crippen LogP contribution is 2.36. The fourth-order valence-electron chi connectivity index (χ4n) is 3.49. The number of halogens is 1. The first-order valence-electron chi connectivity index (χ1n) is 9.72. The van der Waals surface area contributed by atoms with E-state index in [-0.39, 0.29) is 11.1 Å². The first-order valence-corrected chi connectivity index (χ1v) is 11.3. The van der Waals surface area contributed by atoms with E-state index in [4.69, 9.17) is 4.74 Å². The van der Waals surface area contributed by atoms with Crippen LogP contribution in [-0.4, -0.2) is 23.1 Å². The van der Waals surface area contributed by atoms with Crippen LogP contribution in [0.4, 0.5) is 4.79 Å². The number of hydrogen-bond acceptors (Lipinski definition) is 4. The second-order valence-electron chi connectivity index (χ2n) is 7.15. The first-order chi connectivity index (χ1) is 15.0. The van der Waals surface area contributed by atoms with Gasteiger partial charge in [0.1, 0.15) is 12.4 Å². The van der Waals surface area contributed by atoms with E-state index in [1.165, 1.54) is 17.8 Å². The lowest BCUT2D eigenvalue weighted by Crippen LogP contribution is -2.22. The zero-order valence-electron chi connectivity index (χ0n) is 16.9.